The summed E-state index contributed by atoms with van der Waals surface area (Å²) in [5.74, 6) is -0.646. The second-order valence-electron chi connectivity index (χ2n) is 4.09. The van der Waals surface area contributed by atoms with Crippen LogP contribution >= 0.6 is 27.7 Å². The topological polar surface area (TPSA) is 86.7 Å². The van der Waals surface area contributed by atoms with Crippen LogP contribution in [0.2, 0.25) is 0 Å². The lowest BCUT2D eigenvalue weighted by Gasteiger charge is -2.19. The third-order valence-electron chi connectivity index (χ3n) is 2.65. The molecular weight excluding hydrogens is 356 g/mol. The summed E-state index contributed by atoms with van der Waals surface area (Å²) >= 11 is 4.51. The molecule has 0 saturated heterocycles. The number of hydrogen-bond acceptors (Lipinski definition) is 5. The molecule has 0 radical (unpaired) electrons. The molecule has 1 unspecified atom stereocenters. The summed E-state index contributed by atoms with van der Waals surface area (Å²) in [5, 5.41) is 9.92. The first kappa shape index (κ1) is 15.0. The van der Waals surface area contributed by atoms with Crippen molar-refractivity contribution in [2.24, 2.45) is 0 Å². The van der Waals surface area contributed by atoms with Crippen LogP contribution in [-0.4, -0.2) is 41.3 Å². The number of hydroxylamine groups is 2. The second kappa shape index (κ2) is 5.96. The molecule has 2 aliphatic heterocycles. The van der Waals surface area contributed by atoms with Gasteiger partial charge >= 0.3 is 0 Å². The third-order valence-corrected chi connectivity index (χ3v) is 6.67. The smallest absolute Gasteiger partial charge is 0.264 e. The maximum atomic E-state index is 12.1. The highest BCUT2D eigenvalue weighted by atomic mass is 79.9. The van der Waals surface area contributed by atoms with Crippen LogP contribution < -0.4 is 4.72 Å². The Hall–Kier alpha value is -0.350. The van der Waals surface area contributed by atoms with Gasteiger partial charge in [0, 0.05) is 0 Å². The summed E-state index contributed by atoms with van der Waals surface area (Å²) in [6, 6.07) is -0.968. The van der Waals surface area contributed by atoms with Gasteiger partial charge in [-0.15, -0.1) is 0 Å². The Morgan fingerprint density at radius 1 is 1.42 bits per heavy atom. The number of carbonyl (C=O) groups is 1. The van der Waals surface area contributed by atoms with E-state index in [1.54, 1.807) is 18.2 Å². The van der Waals surface area contributed by atoms with E-state index in [2.05, 4.69) is 20.7 Å². The quantitative estimate of drug-likeness (QED) is 0.443. The summed E-state index contributed by atoms with van der Waals surface area (Å²) in [5.41, 5.74) is 0. The van der Waals surface area contributed by atoms with Crippen molar-refractivity contribution in [3.8, 4) is 0 Å². The molecule has 0 aromatic rings. The summed E-state index contributed by atoms with van der Waals surface area (Å²) in [4.78, 5) is 11.8. The number of thioether (sulfide) groups is 1. The molecule has 1 amide bonds. The minimum Gasteiger partial charge on any atom is -0.286 e. The van der Waals surface area contributed by atoms with Crippen LogP contribution in [0.1, 0.15) is 12.8 Å². The van der Waals surface area contributed by atoms with Gasteiger partial charge < -0.3 is 0 Å². The fraction of sp³-hybridized carbons (Fsp3) is 0.500. The van der Waals surface area contributed by atoms with E-state index in [-0.39, 0.29) is 21.4 Å². The Bertz CT molecular complexity index is 532. The zero-order chi connectivity index (χ0) is 14.0. The molecule has 2 heterocycles. The Balaban J connectivity index is 2.11. The first-order valence-corrected chi connectivity index (χ1v) is 8.86. The van der Waals surface area contributed by atoms with Gasteiger partial charge in [-0.1, -0.05) is 45.9 Å². The van der Waals surface area contributed by atoms with Gasteiger partial charge in [-0.2, -0.15) is 4.72 Å². The van der Waals surface area contributed by atoms with Gasteiger partial charge in [0.25, 0.3) is 5.91 Å². The van der Waals surface area contributed by atoms with E-state index in [0.717, 1.165) is 0 Å². The number of nitrogens with zero attached hydrogens (tertiary/aromatic N) is 1. The molecule has 106 valence electrons. The Morgan fingerprint density at radius 2 is 2.16 bits per heavy atom. The number of sulfonamides is 1. The Labute approximate surface area is 124 Å². The highest BCUT2D eigenvalue weighted by molar-refractivity contribution is 9.11. The van der Waals surface area contributed by atoms with Crippen molar-refractivity contribution >= 4 is 43.6 Å². The number of hydrogen-bond donors (Lipinski definition) is 2. The van der Waals surface area contributed by atoms with Gasteiger partial charge in [0.2, 0.25) is 10.0 Å². The lowest BCUT2D eigenvalue weighted by Crippen LogP contribution is -2.46. The minimum absolute atomic E-state index is 0.0400. The van der Waals surface area contributed by atoms with Crippen molar-refractivity contribution < 1.29 is 18.4 Å². The van der Waals surface area contributed by atoms with Crippen LogP contribution in [0, 0.1) is 0 Å². The number of halogens is 1. The fourth-order valence-corrected chi connectivity index (χ4v) is 5.51. The minimum atomic E-state index is -3.71. The van der Waals surface area contributed by atoms with Crippen LogP contribution in [0.3, 0.4) is 0 Å². The van der Waals surface area contributed by atoms with Crippen LogP contribution in [-0.2, 0) is 14.8 Å². The van der Waals surface area contributed by atoms with Gasteiger partial charge in [0.05, 0.1) is 10.7 Å². The summed E-state index contributed by atoms with van der Waals surface area (Å²) < 4.78 is 26.8. The number of rotatable bonds is 3. The van der Waals surface area contributed by atoms with E-state index >= 15 is 0 Å². The standard InChI is InChI=1S/C10H13BrN2O4S2/c11-8-4-5-9(18-8)19(16,17)12-7-3-1-2-6-13(15)10(7)14/h1-2,5,7-8,12,15H,3-4,6H2/t7-,8?/m1/s1. The van der Waals surface area contributed by atoms with E-state index in [4.69, 9.17) is 0 Å². The Kier molecular flexibility index (Phi) is 4.72. The third kappa shape index (κ3) is 3.60. The monoisotopic (exact) mass is 368 g/mol. The largest absolute Gasteiger partial charge is 0.286 e. The second-order valence-corrected chi connectivity index (χ2v) is 8.98. The number of allylic oxidation sites excluding steroid dienone is 1. The van der Waals surface area contributed by atoms with Crippen molar-refractivity contribution in [1.29, 1.82) is 0 Å². The van der Waals surface area contributed by atoms with E-state index in [0.29, 0.717) is 11.5 Å². The zero-order valence-corrected chi connectivity index (χ0v) is 13.0. The first-order chi connectivity index (χ1) is 8.90. The molecule has 2 atom stereocenters. The van der Waals surface area contributed by atoms with Gasteiger partial charge in [0.15, 0.2) is 0 Å². The van der Waals surface area contributed by atoms with Crippen molar-refractivity contribution in [1.82, 2.24) is 9.79 Å². The maximum Gasteiger partial charge on any atom is 0.264 e. The predicted octanol–water partition coefficient (Wildman–Crippen LogP) is 1.15. The highest BCUT2D eigenvalue weighted by Gasteiger charge is 2.32. The SMILES string of the molecule is O=C1[C@H](NS(=O)(=O)C2=CCC(Br)S2)CC=CCN1O. The first-order valence-electron chi connectivity index (χ1n) is 5.58. The van der Waals surface area contributed by atoms with Crippen LogP contribution in [0.4, 0.5) is 0 Å². The molecule has 2 aliphatic rings. The Morgan fingerprint density at radius 3 is 2.79 bits per heavy atom. The van der Waals surface area contributed by atoms with Crippen LogP contribution in [0.25, 0.3) is 0 Å². The maximum absolute atomic E-state index is 12.1. The van der Waals surface area contributed by atoms with Gasteiger partial charge in [-0.3, -0.25) is 10.0 Å². The van der Waals surface area contributed by atoms with Crippen molar-refractivity contribution in [3.05, 3.63) is 22.5 Å². The molecule has 0 aromatic carbocycles. The zero-order valence-electron chi connectivity index (χ0n) is 9.82. The molecular formula is C10H13BrN2O4S2. The molecule has 0 aliphatic carbocycles. The molecule has 0 bridgehead atoms. The summed E-state index contributed by atoms with van der Waals surface area (Å²) in [6.07, 6.45) is 5.74. The van der Waals surface area contributed by atoms with Crippen LogP contribution in [0.15, 0.2) is 22.5 Å². The van der Waals surface area contributed by atoms with Gasteiger partial charge in [-0.05, 0) is 12.8 Å². The van der Waals surface area contributed by atoms with Gasteiger partial charge in [0.1, 0.15) is 10.3 Å². The molecule has 0 spiro atoms. The molecule has 19 heavy (non-hydrogen) atoms. The molecule has 6 nitrogen and oxygen atoms in total. The molecule has 9 heteroatoms. The lowest BCUT2D eigenvalue weighted by atomic mass is 10.2. The molecule has 0 fully saturated rings. The van der Waals surface area contributed by atoms with Crippen LogP contribution in [0.5, 0.6) is 0 Å². The average Bonchev–Trinajstić information content (AvgIpc) is 2.73. The number of amides is 1. The summed E-state index contributed by atoms with van der Waals surface area (Å²) in [6.45, 7) is 0.0674. The molecule has 2 N–H and O–H groups in total. The van der Waals surface area contributed by atoms with Gasteiger partial charge in [-0.25, -0.2) is 13.5 Å². The highest BCUT2D eigenvalue weighted by Crippen LogP contribution is 2.38. The van der Waals surface area contributed by atoms with Crippen molar-refractivity contribution in [3.63, 3.8) is 0 Å². The normalized spacial score (nSPS) is 28.4. The van der Waals surface area contributed by atoms with E-state index in [1.807, 2.05) is 0 Å². The molecule has 2 rings (SSSR count). The molecule has 0 saturated carbocycles. The number of alkyl halides is 1. The lowest BCUT2D eigenvalue weighted by molar-refractivity contribution is -0.164. The number of nitrogens with one attached hydrogen (secondary N) is 1. The molecule has 0 aromatic heterocycles. The average molecular weight is 369 g/mol. The van der Waals surface area contributed by atoms with Crippen molar-refractivity contribution in [2.45, 2.75) is 23.0 Å². The number of carbonyl (C=O) groups excluding carboxylic acids is 1. The fourth-order valence-electron chi connectivity index (χ4n) is 1.71. The predicted molar refractivity (Wildman–Crippen MR) is 76.1 cm³/mol. The van der Waals surface area contributed by atoms with E-state index in [9.17, 15) is 18.4 Å². The summed E-state index contributed by atoms with van der Waals surface area (Å²) in [7, 11) is -3.71. The van der Waals surface area contributed by atoms with E-state index in [1.165, 1.54) is 11.8 Å². The van der Waals surface area contributed by atoms with Crippen molar-refractivity contribution in [2.75, 3.05) is 6.54 Å². The van der Waals surface area contributed by atoms with E-state index < -0.39 is 22.0 Å².